The zero-order valence-electron chi connectivity index (χ0n) is 22.0. The predicted molar refractivity (Wildman–Crippen MR) is 148 cm³/mol. The molecule has 2 aliphatic carbocycles. The molecule has 0 radical (unpaired) electrons. The van der Waals surface area contributed by atoms with E-state index in [2.05, 4.69) is 5.16 Å². The van der Waals surface area contributed by atoms with E-state index in [1.165, 1.54) is 6.07 Å². The average Bonchev–Trinajstić information content (AvgIpc) is 3.44. The number of esters is 1. The van der Waals surface area contributed by atoms with Crippen molar-refractivity contribution in [2.45, 2.75) is 70.1 Å². The summed E-state index contributed by atoms with van der Waals surface area (Å²) < 4.78 is 32.1. The van der Waals surface area contributed by atoms with E-state index in [1.54, 1.807) is 42.2 Å². The number of aryl methyl sites for hydroxylation is 1. The van der Waals surface area contributed by atoms with E-state index >= 15 is 4.39 Å². The molecule has 7 nitrogen and oxygen atoms in total. The van der Waals surface area contributed by atoms with E-state index in [4.69, 9.17) is 37.2 Å². The molecule has 1 saturated heterocycles. The van der Waals surface area contributed by atoms with Gasteiger partial charge in [-0.1, -0.05) is 40.5 Å². The first-order valence-corrected chi connectivity index (χ1v) is 14.4. The predicted octanol–water partition coefficient (Wildman–Crippen LogP) is 6.87. The van der Waals surface area contributed by atoms with E-state index in [9.17, 15) is 9.59 Å². The summed E-state index contributed by atoms with van der Waals surface area (Å²) in [6.07, 6.45) is 3.51. The fraction of sp³-hybridized carbons (Fsp3) is 0.433. The van der Waals surface area contributed by atoms with Crippen LogP contribution in [-0.2, 0) is 32.1 Å². The average molecular weight is 587 g/mol. The van der Waals surface area contributed by atoms with Crippen molar-refractivity contribution in [3.8, 4) is 11.3 Å². The van der Waals surface area contributed by atoms with Gasteiger partial charge in [0.05, 0.1) is 41.0 Å². The largest absolute Gasteiger partial charge is 0.466 e. The van der Waals surface area contributed by atoms with Gasteiger partial charge in [0.15, 0.2) is 0 Å². The van der Waals surface area contributed by atoms with E-state index in [0.29, 0.717) is 58.7 Å². The van der Waals surface area contributed by atoms with E-state index in [1.807, 2.05) is 0 Å². The first-order valence-electron chi connectivity index (χ1n) is 13.7. The SMILES string of the molecule is CCOC(=O)CCc1ccc(N2C(=O)[C@@H]3C[C@H]2CC3OCc2c(-c3c(Cl)cccc3Cl)noc2C2CC2)c(F)c1. The van der Waals surface area contributed by atoms with Gasteiger partial charge >= 0.3 is 5.97 Å². The van der Waals surface area contributed by atoms with Crippen molar-refractivity contribution in [1.82, 2.24) is 5.16 Å². The van der Waals surface area contributed by atoms with Crippen molar-refractivity contribution < 1.29 is 28.0 Å². The fourth-order valence-electron chi connectivity index (χ4n) is 5.92. The second kappa shape index (κ2) is 11.1. The first-order chi connectivity index (χ1) is 19.4. The molecule has 2 saturated carbocycles. The maximum atomic E-state index is 15.1. The number of benzene rings is 2. The third kappa shape index (κ3) is 5.13. The topological polar surface area (TPSA) is 81.9 Å². The monoisotopic (exact) mass is 586 g/mol. The highest BCUT2D eigenvalue weighted by Gasteiger charge is 2.52. The molecule has 3 aromatic rings. The van der Waals surface area contributed by atoms with Crippen molar-refractivity contribution in [3.63, 3.8) is 0 Å². The molecule has 210 valence electrons. The van der Waals surface area contributed by atoms with Crippen molar-refractivity contribution in [3.05, 3.63) is 69.1 Å². The third-order valence-electron chi connectivity index (χ3n) is 8.00. The molecule has 3 aliphatic rings. The Hall–Kier alpha value is -2.94. The Labute approximate surface area is 241 Å². The van der Waals surface area contributed by atoms with Crippen molar-refractivity contribution in [2.75, 3.05) is 11.5 Å². The van der Waals surface area contributed by atoms with E-state index in [0.717, 1.165) is 24.2 Å². The van der Waals surface area contributed by atoms with Crippen LogP contribution in [0.2, 0.25) is 10.0 Å². The van der Waals surface area contributed by atoms with Crippen LogP contribution in [0.15, 0.2) is 40.9 Å². The van der Waals surface area contributed by atoms with Gasteiger partial charge in [-0.15, -0.1) is 0 Å². The number of nitrogens with zero attached hydrogens (tertiary/aromatic N) is 2. The lowest BCUT2D eigenvalue weighted by atomic mass is 10.0. The van der Waals surface area contributed by atoms with Crippen LogP contribution in [0.3, 0.4) is 0 Å². The van der Waals surface area contributed by atoms with Gasteiger partial charge in [-0.05, 0) is 68.9 Å². The van der Waals surface area contributed by atoms with Crippen LogP contribution in [0.4, 0.5) is 10.1 Å². The highest BCUT2D eigenvalue weighted by Crippen LogP contribution is 2.48. The molecule has 10 heteroatoms. The van der Waals surface area contributed by atoms with Gasteiger partial charge in [0.1, 0.15) is 17.3 Å². The molecule has 6 rings (SSSR count). The summed E-state index contributed by atoms with van der Waals surface area (Å²) in [5, 5.41) is 5.26. The standard InChI is InChI=1S/C30H29Cl2FN2O5/c1-2-38-26(36)11-7-16-6-10-24(23(33)12-16)35-18-13-19(30(35)37)25(14-18)39-15-20-28(34-40-29(20)17-8-9-17)27-21(31)4-3-5-22(27)32/h3-6,10,12,17-19,25H,2,7-9,11,13-15H2,1H3/t18-,19+,25?/m0/s1. The van der Waals surface area contributed by atoms with E-state index in [-0.39, 0.29) is 48.7 Å². The second-order valence-electron chi connectivity index (χ2n) is 10.6. The van der Waals surface area contributed by atoms with Crippen molar-refractivity contribution >= 4 is 40.8 Å². The number of hydrogen-bond donors (Lipinski definition) is 0. The van der Waals surface area contributed by atoms with Gasteiger partial charge in [-0.2, -0.15) is 0 Å². The number of aromatic nitrogens is 1. The lowest BCUT2D eigenvalue weighted by molar-refractivity contribution is -0.143. The Kier molecular flexibility index (Phi) is 7.59. The van der Waals surface area contributed by atoms with Gasteiger partial charge in [0.25, 0.3) is 0 Å². The highest BCUT2D eigenvalue weighted by molar-refractivity contribution is 6.39. The van der Waals surface area contributed by atoms with Crippen LogP contribution < -0.4 is 4.90 Å². The number of carbonyl (C=O) groups is 2. The maximum Gasteiger partial charge on any atom is 0.306 e. The summed E-state index contributed by atoms with van der Waals surface area (Å²) in [6.45, 7) is 2.28. The van der Waals surface area contributed by atoms with Gasteiger partial charge in [0.2, 0.25) is 5.91 Å². The van der Waals surface area contributed by atoms with Gasteiger partial charge in [-0.25, -0.2) is 4.39 Å². The number of carbonyl (C=O) groups excluding carboxylic acids is 2. The molecular formula is C30H29Cl2FN2O5. The highest BCUT2D eigenvalue weighted by atomic mass is 35.5. The molecule has 3 fully saturated rings. The van der Waals surface area contributed by atoms with E-state index < -0.39 is 5.82 Å². The van der Waals surface area contributed by atoms with Crippen LogP contribution in [0.5, 0.6) is 0 Å². The Bertz CT molecular complexity index is 1440. The van der Waals surface area contributed by atoms with Crippen LogP contribution in [0.25, 0.3) is 11.3 Å². The molecular weight excluding hydrogens is 558 g/mol. The number of rotatable bonds is 10. The quantitative estimate of drug-likeness (QED) is 0.241. The van der Waals surface area contributed by atoms with Gasteiger partial charge in [0, 0.05) is 29.5 Å². The molecule has 0 spiro atoms. The lowest BCUT2D eigenvalue weighted by Gasteiger charge is -2.31. The summed E-state index contributed by atoms with van der Waals surface area (Å²) in [5.41, 5.74) is 2.94. The van der Waals surface area contributed by atoms with Crippen molar-refractivity contribution in [1.29, 1.82) is 0 Å². The minimum atomic E-state index is -0.473. The van der Waals surface area contributed by atoms with Crippen LogP contribution >= 0.6 is 23.2 Å². The molecule has 1 aromatic heterocycles. The summed E-state index contributed by atoms with van der Waals surface area (Å²) in [6, 6.07) is 9.93. The zero-order valence-corrected chi connectivity index (χ0v) is 23.5. The summed E-state index contributed by atoms with van der Waals surface area (Å²) in [7, 11) is 0. The fourth-order valence-corrected chi connectivity index (χ4v) is 6.50. The van der Waals surface area contributed by atoms with Crippen LogP contribution in [0, 0.1) is 11.7 Å². The van der Waals surface area contributed by atoms with Gasteiger partial charge in [-0.3, -0.25) is 9.59 Å². The number of piperidine rings is 1. The summed E-state index contributed by atoms with van der Waals surface area (Å²) in [5.74, 6) is -0.207. The Morgan fingerprint density at radius 3 is 2.62 bits per heavy atom. The molecule has 1 amide bonds. The Morgan fingerprint density at radius 1 is 1.18 bits per heavy atom. The number of anilines is 1. The van der Waals surface area contributed by atoms with Crippen LogP contribution in [0.1, 0.15) is 61.8 Å². The molecule has 2 aromatic carbocycles. The number of ether oxygens (including phenoxy) is 2. The minimum absolute atomic E-state index is 0.137. The molecule has 40 heavy (non-hydrogen) atoms. The number of halogens is 3. The molecule has 0 N–H and O–H groups in total. The first kappa shape index (κ1) is 27.2. The zero-order chi connectivity index (χ0) is 28.0. The molecule has 1 aliphatic heterocycles. The molecule has 3 atom stereocenters. The molecule has 2 bridgehead atoms. The van der Waals surface area contributed by atoms with Crippen LogP contribution in [-0.4, -0.2) is 35.8 Å². The summed E-state index contributed by atoms with van der Waals surface area (Å²) in [4.78, 5) is 26.6. The lowest BCUT2D eigenvalue weighted by Crippen LogP contribution is -2.43. The van der Waals surface area contributed by atoms with Gasteiger partial charge < -0.3 is 18.9 Å². The minimum Gasteiger partial charge on any atom is -0.466 e. The Morgan fingerprint density at radius 2 is 1.95 bits per heavy atom. The maximum absolute atomic E-state index is 15.1. The smallest absolute Gasteiger partial charge is 0.306 e. The normalized spacial score (nSPS) is 21.9. The number of hydrogen-bond acceptors (Lipinski definition) is 6. The Balaban J connectivity index is 1.15. The molecule has 1 unspecified atom stereocenters. The third-order valence-corrected chi connectivity index (χ3v) is 8.63. The molecule has 2 heterocycles. The summed E-state index contributed by atoms with van der Waals surface area (Å²) >= 11 is 12.9. The number of amides is 1. The number of fused-ring (bicyclic) bond motifs is 2. The van der Waals surface area contributed by atoms with Crippen molar-refractivity contribution in [2.24, 2.45) is 5.92 Å². The second-order valence-corrected chi connectivity index (χ2v) is 11.4.